The van der Waals surface area contributed by atoms with Crippen molar-refractivity contribution in [2.24, 2.45) is 5.92 Å². The van der Waals surface area contributed by atoms with Gasteiger partial charge in [-0.2, -0.15) is 0 Å². The molecule has 0 bridgehead atoms. The maximum Gasteiger partial charge on any atom is 0.119 e. The quantitative estimate of drug-likeness (QED) is 0.265. The minimum Gasteiger partial charge on any atom is -0.490 e. The Hall–Kier alpha value is -2.11. The second-order valence-corrected chi connectivity index (χ2v) is 9.43. The SMILES string of the molecule is CC/C(=C(\c1ccc(I)cc1)c1ccc(OC(C)C2CCNC2)cc1)c1ccccc1. The highest BCUT2D eigenvalue weighted by Crippen LogP contribution is 2.35. The Morgan fingerprint density at radius 1 is 0.935 bits per heavy atom. The number of rotatable bonds is 7. The smallest absolute Gasteiger partial charge is 0.119 e. The Morgan fingerprint density at radius 3 is 2.16 bits per heavy atom. The molecule has 3 aromatic carbocycles. The van der Waals surface area contributed by atoms with Crippen LogP contribution in [0.1, 0.15) is 43.4 Å². The molecule has 0 saturated carbocycles. The number of halogens is 1. The van der Waals surface area contributed by atoms with E-state index in [1.165, 1.54) is 37.8 Å². The van der Waals surface area contributed by atoms with Crippen molar-refractivity contribution in [3.05, 3.63) is 99.1 Å². The summed E-state index contributed by atoms with van der Waals surface area (Å²) in [6.45, 7) is 6.58. The number of benzene rings is 3. The van der Waals surface area contributed by atoms with Crippen LogP contribution >= 0.6 is 22.6 Å². The summed E-state index contributed by atoms with van der Waals surface area (Å²) < 4.78 is 7.52. The van der Waals surface area contributed by atoms with Crippen LogP contribution in [0.25, 0.3) is 11.1 Å². The first-order valence-electron chi connectivity index (χ1n) is 11.2. The molecule has 31 heavy (non-hydrogen) atoms. The maximum atomic E-state index is 6.27. The van der Waals surface area contributed by atoms with Crippen molar-refractivity contribution in [3.8, 4) is 5.75 Å². The molecule has 2 nitrogen and oxygen atoms in total. The molecule has 160 valence electrons. The molecule has 1 aliphatic heterocycles. The fourth-order valence-electron chi connectivity index (χ4n) is 4.38. The highest BCUT2D eigenvalue weighted by atomic mass is 127. The zero-order chi connectivity index (χ0) is 21.6. The first kappa shape index (κ1) is 22.1. The molecule has 0 aliphatic carbocycles. The molecule has 4 rings (SSSR count). The van der Waals surface area contributed by atoms with E-state index in [9.17, 15) is 0 Å². The number of hydrogen-bond donors (Lipinski definition) is 1. The first-order valence-corrected chi connectivity index (χ1v) is 12.3. The van der Waals surface area contributed by atoms with E-state index in [0.717, 1.165) is 25.3 Å². The summed E-state index contributed by atoms with van der Waals surface area (Å²) in [6, 6.07) is 28.2. The van der Waals surface area contributed by atoms with Crippen LogP contribution in [0.3, 0.4) is 0 Å². The van der Waals surface area contributed by atoms with E-state index in [0.29, 0.717) is 5.92 Å². The molecule has 1 N–H and O–H groups in total. The Bertz CT molecular complexity index is 1000. The van der Waals surface area contributed by atoms with Gasteiger partial charge in [0, 0.05) is 16.0 Å². The van der Waals surface area contributed by atoms with Crippen molar-refractivity contribution < 1.29 is 4.74 Å². The van der Waals surface area contributed by atoms with Crippen molar-refractivity contribution in [3.63, 3.8) is 0 Å². The summed E-state index contributed by atoms with van der Waals surface area (Å²) in [6.07, 6.45) is 2.38. The lowest BCUT2D eigenvalue weighted by Gasteiger charge is -2.21. The molecule has 3 aromatic rings. The van der Waals surface area contributed by atoms with Gasteiger partial charge in [-0.25, -0.2) is 0 Å². The summed E-state index contributed by atoms with van der Waals surface area (Å²) in [5.41, 5.74) is 6.41. The van der Waals surface area contributed by atoms with Gasteiger partial charge in [-0.1, -0.05) is 61.5 Å². The maximum absolute atomic E-state index is 6.27. The van der Waals surface area contributed by atoms with Gasteiger partial charge in [-0.05, 0) is 101 Å². The van der Waals surface area contributed by atoms with Crippen LogP contribution in [-0.4, -0.2) is 19.2 Å². The summed E-state index contributed by atoms with van der Waals surface area (Å²) in [5.74, 6) is 1.54. The van der Waals surface area contributed by atoms with Crippen LogP contribution in [0.4, 0.5) is 0 Å². The molecule has 1 heterocycles. The van der Waals surface area contributed by atoms with Crippen molar-refractivity contribution >= 4 is 33.7 Å². The third-order valence-electron chi connectivity index (χ3n) is 6.14. The van der Waals surface area contributed by atoms with Gasteiger partial charge in [0.2, 0.25) is 0 Å². The normalized spacial score (nSPS) is 17.8. The van der Waals surface area contributed by atoms with Gasteiger partial charge < -0.3 is 10.1 Å². The predicted molar refractivity (Wildman–Crippen MR) is 139 cm³/mol. The second kappa shape index (κ2) is 10.5. The van der Waals surface area contributed by atoms with Crippen LogP contribution in [0.5, 0.6) is 5.75 Å². The summed E-state index contributed by atoms with van der Waals surface area (Å²) in [5, 5.41) is 3.43. The molecule has 0 radical (unpaired) electrons. The summed E-state index contributed by atoms with van der Waals surface area (Å²) >= 11 is 2.37. The molecular formula is C28H30INO. The summed E-state index contributed by atoms with van der Waals surface area (Å²) in [4.78, 5) is 0. The second-order valence-electron chi connectivity index (χ2n) is 8.18. The van der Waals surface area contributed by atoms with Crippen LogP contribution in [0.2, 0.25) is 0 Å². The Labute approximate surface area is 199 Å². The molecule has 0 aromatic heterocycles. The van der Waals surface area contributed by atoms with E-state index < -0.39 is 0 Å². The van der Waals surface area contributed by atoms with Gasteiger partial charge in [-0.15, -0.1) is 0 Å². The van der Waals surface area contributed by atoms with E-state index in [4.69, 9.17) is 4.74 Å². The lowest BCUT2D eigenvalue weighted by atomic mass is 9.88. The molecule has 1 saturated heterocycles. The van der Waals surface area contributed by atoms with Crippen molar-refractivity contribution in [1.29, 1.82) is 0 Å². The van der Waals surface area contributed by atoms with Crippen molar-refractivity contribution in [1.82, 2.24) is 5.32 Å². The zero-order valence-corrected chi connectivity index (χ0v) is 20.4. The lowest BCUT2D eigenvalue weighted by molar-refractivity contribution is 0.161. The van der Waals surface area contributed by atoms with Crippen LogP contribution < -0.4 is 10.1 Å². The van der Waals surface area contributed by atoms with Gasteiger partial charge in [0.05, 0.1) is 6.10 Å². The fourth-order valence-corrected chi connectivity index (χ4v) is 4.74. The largest absolute Gasteiger partial charge is 0.490 e. The number of nitrogens with one attached hydrogen (secondary N) is 1. The summed E-state index contributed by atoms with van der Waals surface area (Å²) in [7, 11) is 0. The van der Waals surface area contributed by atoms with Gasteiger partial charge in [0.15, 0.2) is 0 Å². The highest BCUT2D eigenvalue weighted by molar-refractivity contribution is 14.1. The zero-order valence-electron chi connectivity index (χ0n) is 18.3. The molecule has 2 unspecified atom stereocenters. The number of hydrogen-bond acceptors (Lipinski definition) is 2. The molecule has 3 heteroatoms. The van der Waals surface area contributed by atoms with E-state index in [1.807, 2.05) is 0 Å². The van der Waals surface area contributed by atoms with Crippen LogP contribution in [0, 0.1) is 9.49 Å². The van der Waals surface area contributed by atoms with E-state index >= 15 is 0 Å². The van der Waals surface area contributed by atoms with E-state index in [1.54, 1.807) is 0 Å². The number of ether oxygens (including phenoxy) is 1. The van der Waals surface area contributed by atoms with Gasteiger partial charge in [0.25, 0.3) is 0 Å². The highest BCUT2D eigenvalue weighted by Gasteiger charge is 2.22. The van der Waals surface area contributed by atoms with E-state index in [-0.39, 0.29) is 6.10 Å². The Morgan fingerprint density at radius 2 is 1.58 bits per heavy atom. The topological polar surface area (TPSA) is 21.3 Å². The van der Waals surface area contributed by atoms with E-state index in [2.05, 4.69) is 121 Å². The molecular weight excluding hydrogens is 493 g/mol. The molecule has 1 aliphatic rings. The standard InChI is InChI=1S/C28H30INO/c1-3-27(21-7-5-4-6-8-21)28(22-9-13-25(29)14-10-22)23-11-15-26(16-12-23)31-20(2)24-17-18-30-19-24/h4-16,20,24,30H,3,17-19H2,1-2H3/b28-27-. The molecule has 0 spiro atoms. The fraction of sp³-hybridized carbons (Fsp3) is 0.286. The Balaban J connectivity index is 1.70. The minimum atomic E-state index is 0.225. The molecule has 0 amide bonds. The average Bonchev–Trinajstić information content (AvgIpc) is 3.35. The lowest BCUT2D eigenvalue weighted by Crippen LogP contribution is -2.25. The first-order chi connectivity index (χ1) is 15.2. The third-order valence-corrected chi connectivity index (χ3v) is 6.86. The van der Waals surface area contributed by atoms with Gasteiger partial charge in [-0.3, -0.25) is 0 Å². The van der Waals surface area contributed by atoms with Gasteiger partial charge >= 0.3 is 0 Å². The van der Waals surface area contributed by atoms with Gasteiger partial charge in [0.1, 0.15) is 5.75 Å². The third kappa shape index (κ3) is 5.39. The van der Waals surface area contributed by atoms with Crippen molar-refractivity contribution in [2.45, 2.75) is 32.8 Å². The van der Waals surface area contributed by atoms with Crippen LogP contribution in [0.15, 0.2) is 78.9 Å². The van der Waals surface area contributed by atoms with Crippen LogP contribution in [-0.2, 0) is 0 Å². The average molecular weight is 523 g/mol. The number of allylic oxidation sites excluding steroid dienone is 1. The molecule has 2 atom stereocenters. The monoisotopic (exact) mass is 523 g/mol. The minimum absolute atomic E-state index is 0.225. The predicted octanol–water partition coefficient (Wildman–Crippen LogP) is 7.04. The molecule has 1 fully saturated rings. The Kier molecular flexibility index (Phi) is 7.46. The van der Waals surface area contributed by atoms with Crippen molar-refractivity contribution in [2.75, 3.05) is 13.1 Å².